The fourth-order valence-corrected chi connectivity index (χ4v) is 2.00. The normalized spacial score (nSPS) is 11.9. The van der Waals surface area contributed by atoms with E-state index in [9.17, 15) is 4.79 Å². The standard InChI is InChI=1S/C13H19BClN2O3/c1-17(8-7-15)11-5-3-10(4-6-11)9-12(13(18)19)16-14-20-2/h3-6,12,16H,7-9H2,1-2H3,(H,18,19). The number of hydrogen-bond donors (Lipinski definition) is 2. The molecule has 1 aromatic carbocycles. The molecule has 0 aromatic heterocycles. The molecule has 0 spiro atoms. The summed E-state index contributed by atoms with van der Waals surface area (Å²) < 4.78 is 4.72. The minimum Gasteiger partial charge on any atom is -0.480 e. The zero-order chi connectivity index (χ0) is 15.0. The number of nitrogens with zero attached hydrogens (tertiary/aromatic N) is 1. The van der Waals surface area contributed by atoms with Crippen molar-refractivity contribution < 1.29 is 14.6 Å². The fraction of sp³-hybridized carbons (Fsp3) is 0.462. The molecule has 2 N–H and O–H groups in total. The van der Waals surface area contributed by atoms with Crippen LogP contribution in [0.15, 0.2) is 24.3 Å². The maximum Gasteiger partial charge on any atom is 0.396 e. The predicted octanol–water partition coefficient (Wildman–Crippen LogP) is 1.13. The molecule has 0 heterocycles. The van der Waals surface area contributed by atoms with Gasteiger partial charge in [-0.15, -0.1) is 11.6 Å². The van der Waals surface area contributed by atoms with E-state index in [0.29, 0.717) is 12.3 Å². The molecule has 0 aliphatic rings. The summed E-state index contributed by atoms with van der Waals surface area (Å²) in [5.41, 5.74) is 2.00. The number of carboxylic acids is 1. The number of aliphatic carboxylic acids is 1. The predicted molar refractivity (Wildman–Crippen MR) is 81.5 cm³/mol. The third-order valence-corrected chi connectivity index (χ3v) is 3.09. The number of carbonyl (C=O) groups is 1. The van der Waals surface area contributed by atoms with Crippen molar-refractivity contribution in [1.82, 2.24) is 5.23 Å². The van der Waals surface area contributed by atoms with Gasteiger partial charge in [-0.25, -0.2) is 0 Å². The Hall–Kier alpha value is -1.24. The summed E-state index contributed by atoms with van der Waals surface area (Å²) >= 11 is 5.70. The highest BCUT2D eigenvalue weighted by atomic mass is 35.5. The SMILES string of the molecule is CO[B]NC(Cc1ccc(N(C)CCCl)cc1)C(=O)O. The Morgan fingerprint density at radius 1 is 1.50 bits per heavy atom. The number of benzene rings is 1. The average molecular weight is 298 g/mol. The molecule has 7 heteroatoms. The average Bonchev–Trinajstić information content (AvgIpc) is 2.44. The van der Waals surface area contributed by atoms with E-state index in [2.05, 4.69) is 5.23 Å². The summed E-state index contributed by atoms with van der Waals surface area (Å²) in [6, 6.07) is 7.05. The minimum absolute atomic E-state index is 0.384. The van der Waals surface area contributed by atoms with E-state index in [1.165, 1.54) is 14.7 Å². The molecule has 0 aliphatic heterocycles. The fourth-order valence-electron chi connectivity index (χ4n) is 1.75. The van der Waals surface area contributed by atoms with E-state index in [1.54, 1.807) is 0 Å². The molecule has 1 aromatic rings. The molecule has 1 atom stereocenters. The molecule has 5 nitrogen and oxygen atoms in total. The summed E-state index contributed by atoms with van der Waals surface area (Å²) in [4.78, 5) is 13.2. The molecule has 1 radical (unpaired) electrons. The van der Waals surface area contributed by atoms with Gasteiger partial charge in [0.1, 0.15) is 6.04 Å². The summed E-state index contributed by atoms with van der Waals surface area (Å²) in [5, 5.41) is 11.8. The van der Waals surface area contributed by atoms with Gasteiger partial charge < -0.3 is 19.9 Å². The molecular weight excluding hydrogens is 278 g/mol. The third kappa shape index (κ3) is 5.40. The van der Waals surface area contributed by atoms with Crippen LogP contribution in [0.4, 0.5) is 5.69 Å². The lowest BCUT2D eigenvalue weighted by Gasteiger charge is -2.18. The summed E-state index contributed by atoms with van der Waals surface area (Å²) in [6.45, 7) is 0.767. The van der Waals surface area contributed by atoms with Gasteiger partial charge in [0.2, 0.25) is 0 Å². The quantitative estimate of drug-likeness (QED) is 0.528. The lowest BCUT2D eigenvalue weighted by molar-refractivity contribution is -0.139. The molecule has 0 saturated heterocycles. The zero-order valence-corrected chi connectivity index (χ0v) is 12.4. The smallest absolute Gasteiger partial charge is 0.396 e. The largest absolute Gasteiger partial charge is 0.480 e. The highest BCUT2D eigenvalue weighted by molar-refractivity contribution is 6.24. The van der Waals surface area contributed by atoms with Gasteiger partial charge in [0.15, 0.2) is 0 Å². The highest BCUT2D eigenvalue weighted by Gasteiger charge is 2.17. The van der Waals surface area contributed by atoms with Crippen LogP contribution in [-0.4, -0.2) is 51.3 Å². The van der Waals surface area contributed by atoms with Crippen molar-refractivity contribution in [3.63, 3.8) is 0 Å². The van der Waals surface area contributed by atoms with Crippen molar-refractivity contribution >= 4 is 30.9 Å². The van der Waals surface area contributed by atoms with Crippen LogP contribution in [0.25, 0.3) is 0 Å². The van der Waals surface area contributed by atoms with Crippen LogP contribution in [0.2, 0.25) is 0 Å². The Balaban J connectivity index is 2.65. The van der Waals surface area contributed by atoms with Crippen molar-refractivity contribution in [2.45, 2.75) is 12.5 Å². The van der Waals surface area contributed by atoms with Gasteiger partial charge in [0, 0.05) is 32.3 Å². The number of rotatable bonds is 9. The molecule has 20 heavy (non-hydrogen) atoms. The Labute approximate surface area is 125 Å². The highest BCUT2D eigenvalue weighted by Crippen LogP contribution is 2.15. The number of nitrogens with one attached hydrogen (secondary N) is 1. The molecule has 1 rings (SSSR count). The van der Waals surface area contributed by atoms with E-state index in [1.807, 2.05) is 36.2 Å². The molecule has 0 amide bonds. The van der Waals surface area contributed by atoms with Crippen LogP contribution in [-0.2, 0) is 15.9 Å². The molecule has 0 saturated carbocycles. The van der Waals surface area contributed by atoms with Crippen molar-refractivity contribution in [3.8, 4) is 0 Å². The van der Waals surface area contributed by atoms with Crippen LogP contribution in [0.1, 0.15) is 5.56 Å². The number of carboxylic acid groups (broad SMARTS) is 1. The molecule has 0 aliphatic carbocycles. The molecule has 1 unspecified atom stereocenters. The first-order chi connectivity index (χ1) is 9.58. The van der Waals surface area contributed by atoms with Crippen molar-refractivity contribution in [2.75, 3.05) is 31.5 Å². The summed E-state index contributed by atoms with van der Waals surface area (Å²) in [6.07, 6.45) is 0.384. The summed E-state index contributed by atoms with van der Waals surface area (Å²) in [7, 11) is 4.71. The maximum absolute atomic E-state index is 11.1. The van der Waals surface area contributed by atoms with Crippen LogP contribution in [0.3, 0.4) is 0 Å². The van der Waals surface area contributed by atoms with E-state index in [-0.39, 0.29) is 0 Å². The van der Waals surface area contributed by atoms with Crippen molar-refractivity contribution in [3.05, 3.63) is 29.8 Å². The maximum atomic E-state index is 11.1. The third-order valence-electron chi connectivity index (χ3n) is 2.92. The molecule has 0 fully saturated rings. The first kappa shape index (κ1) is 16.8. The number of hydrogen-bond acceptors (Lipinski definition) is 4. The van der Waals surface area contributed by atoms with Gasteiger partial charge in [-0.1, -0.05) is 12.1 Å². The Kier molecular flexibility index (Phi) is 7.43. The van der Waals surface area contributed by atoms with Crippen molar-refractivity contribution in [1.29, 1.82) is 0 Å². The van der Waals surface area contributed by atoms with Crippen LogP contribution >= 0.6 is 11.6 Å². The number of alkyl halides is 1. The number of halogens is 1. The van der Waals surface area contributed by atoms with Gasteiger partial charge in [0.05, 0.1) is 0 Å². The molecule has 109 valence electrons. The van der Waals surface area contributed by atoms with Gasteiger partial charge in [-0.3, -0.25) is 4.79 Å². The topological polar surface area (TPSA) is 61.8 Å². The summed E-state index contributed by atoms with van der Waals surface area (Å²) in [5.74, 6) is -0.350. The van der Waals surface area contributed by atoms with E-state index >= 15 is 0 Å². The van der Waals surface area contributed by atoms with Crippen molar-refractivity contribution in [2.24, 2.45) is 0 Å². The minimum atomic E-state index is -0.915. The lowest BCUT2D eigenvalue weighted by atomic mass is 10.0. The first-order valence-electron chi connectivity index (χ1n) is 6.28. The van der Waals surface area contributed by atoms with Crippen LogP contribution < -0.4 is 10.1 Å². The Morgan fingerprint density at radius 2 is 2.15 bits per heavy atom. The second-order valence-corrected chi connectivity index (χ2v) is 4.77. The monoisotopic (exact) mass is 297 g/mol. The van der Waals surface area contributed by atoms with E-state index in [0.717, 1.165) is 17.8 Å². The molecular formula is C13H19BClN2O3. The van der Waals surface area contributed by atoms with E-state index in [4.69, 9.17) is 21.4 Å². The van der Waals surface area contributed by atoms with E-state index < -0.39 is 12.0 Å². The Bertz CT molecular complexity index is 417. The van der Waals surface area contributed by atoms with Gasteiger partial charge in [-0.2, -0.15) is 0 Å². The zero-order valence-electron chi connectivity index (χ0n) is 11.7. The van der Waals surface area contributed by atoms with Gasteiger partial charge in [0.25, 0.3) is 0 Å². The second kappa shape index (κ2) is 8.84. The van der Waals surface area contributed by atoms with Crippen LogP contribution in [0, 0.1) is 0 Å². The van der Waals surface area contributed by atoms with Gasteiger partial charge in [-0.05, 0) is 24.1 Å². The second-order valence-electron chi connectivity index (χ2n) is 4.39. The molecule has 0 bridgehead atoms. The van der Waals surface area contributed by atoms with Crippen LogP contribution in [0.5, 0.6) is 0 Å². The van der Waals surface area contributed by atoms with Gasteiger partial charge >= 0.3 is 13.6 Å². The number of anilines is 1. The Morgan fingerprint density at radius 3 is 2.65 bits per heavy atom. The first-order valence-corrected chi connectivity index (χ1v) is 6.81. The lowest BCUT2D eigenvalue weighted by Crippen LogP contribution is -2.41.